The van der Waals surface area contributed by atoms with E-state index in [9.17, 15) is 4.79 Å². The van der Waals surface area contributed by atoms with Crippen molar-refractivity contribution >= 4 is 17.5 Å². The Labute approximate surface area is 78.9 Å². The number of alkyl halides is 1. The van der Waals surface area contributed by atoms with E-state index in [2.05, 4.69) is 6.92 Å². The Bertz CT molecular complexity index is 161. The van der Waals surface area contributed by atoms with E-state index in [0.29, 0.717) is 12.3 Å². The Morgan fingerprint density at radius 2 is 2.42 bits per heavy atom. The average Bonchev–Trinajstić information content (AvgIpc) is 2.52. The van der Waals surface area contributed by atoms with Crippen molar-refractivity contribution in [3.63, 3.8) is 0 Å². The van der Waals surface area contributed by atoms with E-state index >= 15 is 0 Å². The van der Waals surface area contributed by atoms with E-state index < -0.39 is 0 Å². The van der Waals surface area contributed by atoms with Crippen LogP contribution in [0.15, 0.2) is 0 Å². The van der Waals surface area contributed by atoms with E-state index in [1.54, 1.807) is 0 Å². The van der Waals surface area contributed by atoms with Crippen LogP contribution in [0, 0.1) is 5.92 Å². The molecule has 0 aromatic rings. The minimum absolute atomic E-state index is 0.223. The number of hydrogen-bond donors (Lipinski definition) is 0. The molecule has 1 aliphatic rings. The van der Waals surface area contributed by atoms with E-state index in [1.807, 2.05) is 4.90 Å². The first-order valence-electron chi connectivity index (χ1n) is 4.61. The van der Waals surface area contributed by atoms with Crippen LogP contribution in [0.1, 0.15) is 26.2 Å². The molecule has 1 heterocycles. The number of nitrogens with zero attached hydrogens (tertiary/aromatic N) is 1. The third kappa shape index (κ3) is 2.37. The zero-order chi connectivity index (χ0) is 8.97. The molecular weight excluding hydrogens is 174 g/mol. The molecule has 1 unspecified atom stereocenters. The fraction of sp³-hybridized carbons (Fsp3) is 0.889. The first-order chi connectivity index (χ1) is 5.77. The topological polar surface area (TPSA) is 20.3 Å². The number of rotatable bonds is 3. The van der Waals surface area contributed by atoms with Crippen molar-refractivity contribution in [1.82, 2.24) is 4.90 Å². The van der Waals surface area contributed by atoms with Crippen LogP contribution in [0.2, 0.25) is 0 Å². The van der Waals surface area contributed by atoms with Gasteiger partial charge in [0.25, 0.3) is 0 Å². The summed E-state index contributed by atoms with van der Waals surface area (Å²) in [7, 11) is 0. The lowest BCUT2D eigenvalue weighted by Gasteiger charge is -2.15. The van der Waals surface area contributed by atoms with Gasteiger partial charge in [0.2, 0.25) is 5.91 Å². The highest BCUT2D eigenvalue weighted by atomic mass is 35.5. The van der Waals surface area contributed by atoms with Crippen molar-refractivity contribution in [3.05, 3.63) is 0 Å². The van der Waals surface area contributed by atoms with Gasteiger partial charge in [-0.25, -0.2) is 0 Å². The zero-order valence-corrected chi connectivity index (χ0v) is 8.31. The summed E-state index contributed by atoms with van der Waals surface area (Å²) in [5, 5.41) is 0. The fourth-order valence-electron chi connectivity index (χ4n) is 1.63. The molecule has 0 spiro atoms. The minimum Gasteiger partial charge on any atom is -0.342 e. The molecule has 0 radical (unpaired) electrons. The molecule has 70 valence electrons. The first-order valence-corrected chi connectivity index (χ1v) is 5.15. The van der Waals surface area contributed by atoms with Crippen LogP contribution < -0.4 is 0 Å². The molecule has 1 saturated heterocycles. The summed E-state index contributed by atoms with van der Waals surface area (Å²) in [6.07, 6.45) is 2.85. The highest BCUT2D eigenvalue weighted by molar-refractivity contribution is 6.18. The standard InChI is InChI=1S/C9H16ClNO/c1-2-8-4-6-11(7-8)9(12)3-5-10/h8H,2-7H2,1H3. The largest absolute Gasteiger partial charge is 0.342 e. The molecular formula is C9H16ClNO. The molecule has 1 rings (SSSR count). The normalized spacial score (nSPS) is 23.2. The van der Waals surface area contributed by atoms with Gasteiger partial charge in [-0.05, 0) is 12.3 Å². The Morgan fingerprint density at radius 1 is 1.67 bits per heavy atom. The molecule has 1 atom stereocenters. The van der Waals surface area contributed by atoms with Crippen LogP contribution in [0.4, 0.5) is 0 Å². The zero-order valence-electron chi connectivity index (χ0n) is 7.55. The number of halogens is 1. The summed E-state index contributed by atoms with van der Waals surface area (Å²) in [6.45, 7) is 4.07. The molecule has 0 saturated carbocycles. The second kappa shape index (κ2) is 4.70. The summed E-state index contributed by atoms with van der Waals surface area (Å²) in [5.41, 5.74) is 0. The van der Waals surface area contributed by atoms with Crippen molar-refractivity contribution < 1.29 is 4.79 Å². The molecule has 0 aromatic carbocycles. The summed E-state index contributed by atoms with van der Waals surface area (Å²) >= 11 is 5.50. The maximum atomic E-state index is 11.3. The van der Waals surface area contributed by atoms with Crippen molar-refractivity contribution in [2.24, 2.45) is 5.92 Å². The van der Waals surface area contributed by atoms with Gasteiger partial charge in [-0.2, -0.15) is 0 Å². The third-order valence-corrected chi connectivity index (χ3v) is 2.71. The average molecular weight is 190 g/mol. The number of carbonyl (C=O) groups excluding carboxylic acids is 1. The lowest BCUT2D eigenvalue weighted by atomic mass is 10.1. The molecule has 1 fully saturated rings. The molecule has 3 heteroatoms. The van der Waals surface area contributed by atoms with Gasteiger partial charge >= 0.3 is 0 Å². The van der Waals surface area contributed by atoms with Crippen molar-refractivity contribution in [1.29, 1.82) is 0 Å². The van der Waals surface area contributed by atoms with Gasteiger partial charge in [0.15, 0.2) is 0 Å². The van der Waals surface area contributed by atoms with Crippen LogP contribution in [0.5, 0.6) is 0 Å². The van der Waals surface area contributed by atoms with Crippen LogP contribution in [0.3, 0.4) is 0 Å². The van der Waals surface area contributed by atoms with Gasteiger partial charge in [-0.3, -0.25) is 4.79 Å². The molecule has 0 aliphatic carbocycles. The minimum atomic E-state index is 0.223. The van der Waals surface area contributed by atoms with Crippen molar-refractivity contribution in [2.45, 2.75) is 26.2 Å². The molecule has 1 amide bonds. The number of amides is 1. The van der Waals surface area contributed by atoms with E-state index in [1.165, 1.54) is 12.8 Å². The van der Waals surface area contributed by atoms with Gasteiger partial charge in [-0.1, -0.05) is 13.3 Å². The van der Waals surface area contributed by atoms with Crippen LogP contribution in [-0.2, 0) is 4.79 Å². The third-order valence-electron chi connectivity index (χ3n) is 2.52. The Morgan fingerprint density at radius 3 is 2.92 bits per heavy atom. The predicted molar refractivity (Wildman–Crippen MR) is 50.3 cm³/mol. The maximum Gasteiger partial charge on any atom is 0.223 e. The van der Waals surface area contributed by atoms with Gasteiger partial charge in [0, 0.05) is 25.4 Å². The quantitative estimate of drug-likeness (QED) is 0.621. The van der Waals surface area contributed by atoms with Crippen LogP contribution in [0.25, 0.3) is 0 Å². The highest BCUT2D eigenvalue weighted by Crippen LogP contribution is 2.19. The highest BCUT2D eigenvalue weighted by Gasteiger charge is 2.23. The maximum absolute atomic E-state index is 11.3. The Hall–Kier alpha value is -0.240. The number of likely N-dealkylation sites (tertiary alicyclic amines) is 1. The first kappa shape index (κ1) is 9.85. The number of hydrogen-bond acceptors (Lipinski definition) is 1. The molecule has 0 bridgehead atoms. The fourth-order valence-corrected chi connectivity index (χ4v) is 1.79. The van der Waals surface area contributed by atoms with E-state index in [0.717, 1.165) is 19.0 Å². The molecule has 0 aromatic heterocycles. The number of carbonyl (C=O) groups is 1. The molecule has 1 aliphatic heterocycles. The van der Waals surface area contributed by atoms with Crippen LogP contribution >= 0.6 is 11.6 Å². The second-order valence-corrected chi connectivity index (χ2v) is 3.72. The van der Waals surface area contributed by atoms with Gasteiger partial charge in [0.1, 0.15) is 0 Å². The SMILES string of the molecule is CCC1CCN(C(=O)CCCl)C1. The smallest absolute Gasteiger partial charge is 0.223 e. The molecule has 0 N–H and O–H groups in total. The van der Waals surface area contributed by atoms with Gasteiger partial charge < -0.3 is 4.90 Å². The van der Waals surface area contributed by atoms with E-state index in [4.69, 9.17) is 11.6 Å². The van der Waals surface area contributed by atoms with Gasteiger partial charge in [-0.15, -0.1) is 11.6 Å². The van der Waals surface area contributed by atoms with Crippen LogP contribution in [-0.4, -0.2) is 29.8 Å². The van der Waals surface area contributed by atoms with Gasteiger partial charge in [0.05, 0.1) is 0 Å². The van der Waals surface area contributed by atoms with Crippen molar-refractivity contribution in [2.75, 3.05) is 19.0 Å². The predicted octanol–water partition coefficient (Wildman–Crippen LogP) is 1.87. The summed E-state index contributed by atoms with van der Waals surface area (Å²) in [6, 6.07) is 0. The Kier molecular flexibility index (Phi) is 3.86. The lowest BCUT2D eigenvalue weighted by molar-refractivity contribution is -0.129. The van der Waals surface area contributed by atoms with Crippen molar-refractivity contribution in [3.8, 4) is 0 Å². The van der Waals surface area contributed by atoms with E-state index in [-0.39, 0.29) is 5.91 Å². The summed E-state index contributed by atoms with van der Waals surface area (Å²) < 4.78 is 0. The summed E-state index contributed by atoms with van der Waals surface area (Å²) in [5.74, 6) is 1.40. The monoisotopic (exact) mass is 189 g/mol. The Balaban J connectivity index is 2.31. The molecule has 2 nitrogen and oxygen atoms in total. The lowest BCUT2D eigenvalue weighted by Crippen LogP contribution is -2.28. The summed E-state index contributed by atoms with van der Waals surface area (Å²) in [4.78, 5) is 13.3. The molecule has 12 heavy (non-hydrogen) atoms. The second-order valence-electron chi connectivity index (χ2n) is 3.34.